The van der Waals surface area contributed by atoms with Gasteiger partial charge >= 0.3 is 5.97 Å². The Morgan fingerprint density at radius 3 is 2.43 bits per heavy atom. The number of carboxylic acid groups (broad SMARTS) is 1. The molecule has 0 saturated heterocycles. The molecule has 2 aromatic rings. The van der Waals surface area contributed by atoms with Crippen LogP contribution in [0.5, 0.6) is 0 Å². The first-order valence-electron chi connectivity index (χ1n) is 6.26. The second-order valence-electron chi connectivity index (χ2n) is 4.68. The van der Waals surface area contributed by atoms with E-state index in [4.69, 9.17) is 5.11 Å². The number of aryl methyl sites for hydroxylation is 1. The Bertz CT molecular complexity index is 754. The Morgan fingerprint density at radius 2 is 1.81 bits per heavy atom. The third-order valence-electron chi connectivity index (χ3n) is 2.95. The Labute approximate surface area is 123 Å². The fourth-order valence-corrected chi connectivity index (χ4v) is 3.12. The van der Waals surface area contributed by atoms with Crippen LogP contribution in [-0.2, 0) is 15.8 Å². The maximum absolute atomic E-state index is 12.1. The van der Waals surface area contributed by atoms with Crippen molar-refractivity contribution in [2.45, 2.75) is 12.7 Å². The zero-order valence-corrected chi connectivity index (χ0v) is 12.2. The summed E-state index contributed by atoms with van der Waals surface area (Å²) in [6.45, 7) is 1.71. The first kappa shape index (κ1) is 15.1. The van der Waals surface area contributed by atoms with Crippen LogP contribution in [0.3, 0.4) is 0 Å². The van der Waals surface area contributed by atoms with Crippen molar-refractivity contribution in [1.82, 2.24) is 0 Å². The molecule has 0 saturated carbocycles. The quantitative estimate of drug-likeness (QED) is 0.889. The predicted octanol–water partition coefficient (Wildman–Crippen LogP) is 2.64. The molecule has 5 nitrogen and oxygen atoms in total. The van der Waals surface area contributed by atoms with Crippen LogP contribution in [0.15, 0.2) is 48.5 Å². The third kappa shape index (κ3) is 4.06. The predicted molar refractivity (Wildman–Crippen MR) is 80.8 cm³/mol. The van der Waals surface area contributed by atoms with Crippen molar-refractivity contribution in [3.8, 4) is 0 Å². The normalized spacial score (nSPS) is 11.1. The van der Waals surface area contributed by atoms with E-state index in [0.717, 1.165) is 0 Å². The van der Waals surface area contributed by atoms with Crippen molar-refractivity contribution < 1.29 is 18.3 Å². The molecule has 2 N–H and O–H groups in total. The molecular weight excluding hydrogens is 290 g/mol. The third-order valence-corrected chi connectivity index (χ3v) is 4.19. The van der Waals surface area contributed by atoms with Gasteiger partial charge in [-0.2, -0.15) is 0 Å². The van der Waals surface area contributed by atoms with Crippen LogP contribution in [-0.4, -0.2) is 19.5 Å². The van der Waals surface area contributed by atoms with Gasteiger partial charge in [0.1, 0.15) is 0 Å². The van der Waals surface area contributed by atoms with Crippen molar-refractivity contribution in [3.05, 3.63) is 65.2 Å². The lowest BCUT2D eigenvalue weighted by molar-refractivity contribution is 0.0697. The van der Waals surface area contributed by atoms with E-state index < -0.39 is 16.0 Å². The second-order valence-corrected chi connectivity index (χ2v) is 6.40. The van der Waals surface area contributed by atoms with Crippen LogP contribution in [0.4, 0.5) is 5.69 Å². The Morgan fingerprint density at radius 1 is 1.14 bits per heavy atom. The number of hydrogen-bond acceptors (Lipinski definition) is 3. The van der Waals surface area contributed by atoms with Crippen LogP contribution in [0.2, 0.25) is 0 Å². The number of nitrogens with one attached hydrogen (secondary N) is 1. The molecule has 21 heavy (non-hydrogen) atoms. The zero-order chi connectivity index (χ0) is 15.5. The lowest BCUT2D eigenvalue weighted by Gasteiger charge is -2.11. The Balaban J connectivity index is 2.24. The van der Waals surface area contributed by atoms with Crippen LogP contribution < -0.4 is 4.72 Å². The maximum Gasteiger partial charge on any atom is 0.335 e. The average Bonchev–Trinajstić information content (AvgIpc) is 2.41. The summed E-state index contributed by atoms with van der Waals surface area (Å²) in [7, 11) is -3.60. The lowest BCUT2D eigenvalue weighted by atomic mass is 10.1. The van der Waals surface area contributed by atoms with Crippen LogP contribution >= 0.6 is 0 Å². The van der Waals surface area contributed by atoms with E-state index in [1.165, 1.54) is 12.1 Å². The summed E-state index contributed by atoms with van der Waals surface area (Å²) in [4.78, 5) is 10.9. The highest BCUT2D eigenvalue weighted by molar-refractivity contribution is 7.91. The van der Waals surface area contributed by atoms with Gasteiger partial charge in [-0.15, -0.1) is 0 Å². The van der Waals surface area contributed by atoms with Gasteiger partial charge in [0.15, 0.2) is 0 Å². The molecule has 0 spiro atoms. The molecule has 6 heteroatoms. The molecular formula is C15H15NO4S. The molecule has 0 fully saturated rings. The van der Waals surface area contributed by atoms with Crippen LogP contribution in [0, 0.1) is 6.92 Å². The van der Waals surface area contributed by atoms with Gasteiger partial charge in [-0.1, -0.05) is 36.4 Å². The molecule has 0 amide bonds. The molecule has 0 radical (unpaired) electrons. The number of aromatic carboxylic acids is 1. The number of carbonyl (C=O) groups is 1. The number of hydrogen-bond donors (Lipinski definition) is 2. The van der Waals surface area contributed by atoms with E-state index in [1.54, 1.807) is 37.3 Å². The molecule has 0 aliphatic rings. The first-order valence-corrected chi connectivity index (χ1v) is 7.91. The maximum atomic E-state index is 12.1. The number of benzene rings is 2. The summed E-state index contributed by atoms with van der Waals surface area (Å²) in [5.74, 6) is -1.26. The van der Waals surface area contributed by atoms with E-state index in [9.17, 15) is 13.2 Å². The fourth-order valence-electron chi connectivity index (χ4n) is 1.86. The highest BCUT2D eigenvalue weighted by atomic mass is 32.2. The number of sulfonamides is 1. The van der Waals surface area contributed by atoms with E-state index in [2.05, 4.69) is 4.72 Å². The van der Waals surface area contributed by atoms with E-state index >= 15 is 0 Å². The van der Waals surface area contributed by atoms with Gasteiger partial charge in [-0.05, 0) is 30.2 Å². The zero-order valence-electron chi connectivity index (χ0n) is 11.4. The summed E-state index contributed by atoms with van der Waals surface area (Å²) in [6, 6.07) is 13.1. The molecule has 2 rings (SSSR count). The molecule has 0 aliphatic carbocycles. The standard InChI is InChI=1S/C15H15NO4S/c1-11-7-8-13(15(17)18)9-14(11)16-21(19,20)10-12-5-3-2-4-6-12/h2-9,16H,10H2,1H3,(H,17,18). The smallest absolute Gasteiger partial charge is 0.335 e. The molecule has 2 aromatic carbocycles. The van der Waals surface area contributed by atoms with Crippen molar-refractivity contribution in [2.24, 2.45) is 0 Å². The Hall–Kier alpha value is -2.34. The molecule has 110 valence electrons. The number of rotatable bonds is 5. The van der Waals surface area contributed by atoms with Crippen LogP contribution in [0.25, 0.3) is 0 Å². The summed E-state index contributed by atoms with van der Waals surface area (Å²) in [6.07, 6.45) is 0. The molecule has 0 aromatic heterocycles. The van der Waals surface area contributed by atoms with E-state index in [0.29, 0.717) is 11.1 Å². The van der Waals surface area contributed by atoms with Gasteiger partial charge in [0, 0.05) is 0 Å². The minimum absolute atomic E-state index is 0.0398. The van der Waals surface area contributed by atoms with Gasteiger partial charge in [-0.25, -0.2) is 13.2 Å². The second kappa shape index (κ2) is 5.97. The lowest BCUT2D eigenvalue weighted by Crippen LogP contribution is -2.16. The average molecular weight is 305 g/mol. The molecule has 0 bridgehead atoms. The fraction of sp³-hybridized carbons (Fsp3) is 0.133. The van der Waals surface area contributed by atoms with Crippen molar-refractivity contribution in [1.29, 1.82) is 0 Å². The van der Waals surface area contributed by atoms with Gasteiger partial charge in [0.2, 0.25) is 10.0 Å². The van der Waals surface area contributed by atoms with Gasteiger partial charge in [-0.3, -0.25) is 4.72 Å². The number of anilines is 1. The first-order chi connectivity index (χ1) is 9.87. The largest absolute Gasteiger partial charge is 0.478 e. The van der Waals surface area contributed by atoms with Crippen molar-refractivity contribution in [3.63, 3.8) is 0 Å². The molecule has 0 unspecified atom stereocenters. The van der Waals surface area contributed by atoms with Crippen LogP contribution in [0.1, 0.15) is 21.5 Å². The Kier molecular flexibility index (Phi) is 4.28. The van der Waals surface area contributed by atoms with Crippen molar-refractivity contribution in [2.75, 3.05) is 4.72 Å². The van der Waals surface area contributed by atoms with Gasteiger partial charge in [0.25, 0.3) is 0 Å². The molecule has 0 heterocycles. The summed E-state index contributed by atoms with van der Waals surface area (Å²) >= 11 is 0. The van der Waals surface area contributed by atoms with Crippen molar-refractivity contribution >= 4 is 21.7 Å². The minimum Gasteiger partial charge on any atom is -0.478 e. The summed E-state index contributed by atoms with van der Waals surface area (Å²) < 4.78 is 26.7. The van der Waals surface area contributed by atoms with E-state index in [1.807, 2.05) is 6.07 Å². The summed E-state index contributed by atoms with van der Waals surface area (Å²) in [5, 5.41) is 8.96. The number of carboxylic acids is 1. The highest BCUT2D eigenvalue weighted by Gasteiger charge is 2.14. The SMILES string of the molecule is Cc1ccc(C(=O)O)cc1NS(=O)(=O)Cc1ccccc1. The van der Waals surface area contributed by atoms with Gasteiger partial charge < -0.3 is 5.11 Å². The van der Waals surface area contributed by atoms with E-state index in [-0.39, 0.29) is 17.0 Å². The highest BCUT2D eigenvalue weighted by Crippen LogP contribution is 2.19. The summed E-state index contributed by atoms with van der Waals surface area (Å²) in [5.41, 5.74) is 1.65. The topological polar surface area (TPSA) is 83.5 Å². The van der Waals surface area contributed by atoms with Gasteiger partial charge in [0.05, 0.1) is 17.0 Å². The monoisotopic (exact) mass is 305 g/mol. The minimum atomic E-state index is -3.60. The molecule has 0 atom stereocenters. The molecule has 0 aliphatic heterocycles.